The van der Waals surface area contributed by atoms with Gasteiger partial charge in [0.15, 0.2) is 0 Å². The number of fused-ring (bicyclic) bond motifs is 1. The van der Waals surface area contributed by atoms with Crippen LogP contribution in [0.1, 0.15) is 42.6 Å². The predicted molar refractivity (Wildman–Crippen MR) is 93.4 cm³/mol. The van der Waals surface area contributed by atoms with Crippen LogP contribution in [0.15, 0.2) is 36.5 Å². The van der Waals surface area contributed by atoms with Crippen LogP contribution in [0.5, 0.6) is 0 Å². The maximum Gasteiger partial charge on any atom is 0.272 e. The molecule has 1 fully saturated rings. The number of benzene rings is 1. The standard InChI is InChI=1S/C19H23N3O2/c20-18(23)7-3-4-14-8-10-22(11-9-14)19(24)17-12-15-5-1-2-6-16(15)13-21-17/h1-2,5-6,12-14H,3-4,7-11H2,(H2,20,23). The van der Waals surface area contributed by atoms with E-state index < -0.39 is 0 Å². The minimum Gasteiger partial charge on any atom is -0.370 e. The van der Waals surface area contributed by atoms with Crippen LogP contribution in [0.25, 0.3) is 10.8 Å². The van der Waals surface area contributed by atoms with E-state index in [1.807, 2.05) is 35.2 Å². The molecule has 24 heavy (non-hydrogen) atoms. The molecule has 5 nitrogen and oxygen atoms in total. The Hall–Kier alpha value is -2.43. The zero-order chi connectivity index (χ0) is 16.9. The molecule has 1 aliphatic rings. The van der Waals surface area contributed by atoms with Gasteiger partial charge in [-0.15, -0.1) is 0 Å². The van der Waals surface area contributed by atoms with E-state index in [1.165, 1.54) is 0 Å². The van der Waals surface area contributed by atoms with E-state index >= 15 is 0 Å². The third-order valence-electron chi connectivity index (χ3n) is 4.79. The molecule has 2 N–H and O–H groups in total. The minimum atomic E-state index is -0.231. The lowest BCUT2D eigenvalue weighted by atomic mass is 9.91. The summed E-state index contributed by atoms with van der Waals surface area (Å²) in [6, 6.07) is 9.80. The van der Waals surface area contributed by atoms with E-state index in [-0.39, 0.29) is 11.8 Å². The molecular formula is C19H23N3O2. The number of carbonyl (C=O) groups is 2. The van der Waals surface area contributed by atoms with E-state index in [2.05, 4.69) is 4.98 Å². The molecule has 0 radical (unpaired) electrons. The lowest BCUT2D eigenvalue weighted by molar-refractivity contribution is -0.118. The van der Waals surface area contributed by atoms with E-state index in [4.69, 9.17) is 5.73 Å². The van der Waals surface area contributed by atoms with E-state index in [0.717, 1.165) is 49.5 Å². The topological polar surface area (TPSA) is 76.3 Å². The lowest BCUT2D eigenvalue weighted by Gasteiger charge is -2.31. The molecule has 2 amide bonds. The fraction of sp³-hybridized carbons (Fsp3) is 0.421. The summed E-state index contributed by atoms with van der Waals surface area (Å²) >= 11 is 0. The summed E-state index contributed by atoms with van der Waals surface area (Å²) in [7, 11) is 0. The first kappa shape index (κ1) is 16.4. The van der Waals surface area contributed by atoms with Gasteiger partial charge in [0.1, 0.15) is 5.69 Å². The minimum absolute atomic E-state index is 0.0105. The summed E-state index contributed by atoms with van der Waals surface area (Å²) in [5.74, 6) is 0.360. The fourth-order valence-electron chi connectivity index (χ4n) is 3.35. The Balaban J connectivity index is 1.57. The van der Waals surface area contributed by atoms with Crippen molar-refractivity contribution >= 4 is 22.6 Å². The molecule has 5 heteroatoms. The number of piperidine rings is 1. The van der Waals surface area contributed by atoms with Crippen molar-refractivity contribution in [2.45, 2.75) is 32.1 Å². The third-order valence-corrected chi connectivity index (χ3v) is 4.79. The summed E-state index contributed by atoms with van der Waals surface area (Å²) < 4.78 is 0. The summed E-state index contributed by atoms with van der Waals surface area (Å²) in [4.78, 5) is 29.7. The average molecular weight is 325 g/mol. The Kier molecular flexibility index (Phi) is 5.08. The van der Waals surface area contributed by atoms with Crippen LogP contribution in [0.4, 0.5) is 0 Å². The Morgan fingerprint density at radius 1 is 1.17 bits per heavy atom. The quantitative estimate of drug-likeness (QED) is 0.918. The maximum atomic E-state index is 12.7. The molecule has 2 aromatic rings. The number of nitrogens with zero attached hydrogens (tertiary/aromatic N) is 2. The number of nitrogens with two attached hydrogens (primary N) is 1. The second-order valence-corrected chi connectivity index (χ2v) is 6.51. The largest absolute Gasteiger partial charge is 0.370 e. The maximum absolute atomic E-state index is 12.7. The van der Waals surface area contributed by atoms with Crippen LogP contribution in [0.2, 0.25) is 0 Å². The van der Waals surface area contributed by atoms with Gasteiger partial charge in [-0.2, -0.15) is 0 Å². The number of carbonyl (C=O) groups excluding carboxylic acids is 2. The SMILES string of the molecule is NC(=O)CCCC1CCN(C(=O)c2cc3ccccc3cn2)CC1. The summed E-state index contributed by atoms with van der Waals surface area (Å²) in [6.07, 6.45) is 6.05. The highest BCUT2D eigenvalue weighted by Crippen LogP contribution is 2.24. The number of aromatic nitrogens is 1. The van der Waals surface area contributed by atoms with Gasteiger partial charge < -0.3 is 10.6 Å². The van der Waals surface area contributed by atoms with E-state index in [9.17, 15) is 9.59 Å². The Labute approximate surface area is 141 Å². The molecule has 0 unspecified atom stereocenters. The van der Waals surface area contributed by atoms with Gasteiger partial charge in [-0.3, -0.25) is 14.6 Å². The Morgan fingerprint density at radius 2 is 1.88 bits per heavy atom. The molecule has 1 aromatic carbocycles. The molecule has 2 heterocycles. The summed E-state index contributed by atoms with van der Waals surface area (Å²) in [5.41, 5.74) is 5.69. The van der Waals surface area contributed by atoms with Crippen molar-refractivity contribution in [2.24, 2.45) is 11.7 Å². The monoisotopic (exact) mass is 325 g/mol. The van der Waals surface area contributed by atoms with E-state index in [1.54, 1.807) is 6.20 Å². The summed E-state index contributed by atoms with van der Waals surface area (Å²) in [6.45, 7) is 1.52. The van der Waals surface area contributed by atoms with Gasteiger partial charge in [0, 0.05) is 31.1 Å². The van der Waals surface area contributed by atoms with Crippen LogP contribution in [0, 0.1) is 5.92 Å². The highest BCUT2D eigenvalue weighted by Gasteiger charge is 2.24. The molecule has 1 aromatic heterocycles. The number of amides is 2. The van der Waals surface area contributed by atoms with Crippen molar-refractivity contribution in [3.05, 3.63) is 42.2 Å². The van der Waals surface area contributed by atoms with Crippen LogP contribution in [0.3, 0.4) is 0 Å². The Morgan fingerprint density at radius 3 is 2.58 bits per heavy atom. The molecule has 3 rings (SSSR count). The van der Waals surface area contributed by atoms with Crippen molar-refractivity contribution in [2.75, 3.05) is 13.1 Å². The number of likely N-dealkylation sites (tertiary alicyclic amines) is 1. The summed E-state index contributed by atoms with van der Waals surface area (Å²) in [5, 5.41) is 2.08. The molecule has 0 aliphatic carbocycles. The van der Waals surface area contributed by atoms with Gasteiger partial charge >= 0.3 is 0 Å². The normalized spacial score (nSPS) is 15.6. The molecule has 0 spiro atoms. The van der Waals surface area contributed by atoms with Gasteiger partial charge in [0.2, 0.25) is 5.91 Å². The zero-order valence-corrected chi connectivity index (χ0v) is 13.8. The smallest absolute Gasteiger partial charge is 0.272 e. The highest BCUT2D eigenvalue weighted by molar-refractivity contribution is 5.96. The molecule has 0 atom stereocenters. The number of hydrogen-bond donors (Lipinski definition) is 1. The predicted octanol–water partition coefficient (Wildman–Crippen LogP) is 2.74. The van der Waals surface area contributed by atoms with Crippen LogP contribution in [-0.2, 0) is 4.79 Å². The first-order chi connectivity index (χ1) is 11.6. The van der Waals surface area contributed by atoms with Crippen LogP contribution in [-0.4, -0.2) is 34.8 Å². The first-order valence-corrected chi connectivity index (χ1v) is 8.56. The molecule has 1 aliphatic heterocycles. The molecule has 126 valence electrons. The third kappa shape index (κ3) is 3.91. The van der Waals surface area contributed by atoms with Crippen molar-refractivity contribution < 1.29 is 9.59 Å². The van der Waals surface area contributed by atoms with Crippen molar-refractivity contribution in [1.29, 1.82) is 0 Å². The zero-order valence-electron chi connectivity index (χ0n) is 13.8. The van der Waals surface area contributed by atoms with Crippen LogP contribution < -0.4 is 5.73 Å². The molecule has 1 saturated heterocycles. The van der Waals surface area contributed by atoms with E-state index in [0.29, 0.717) is 18.0 Å². The van der Waals surface area contributed by atoms with Gasteiger partial charge in [0.25, 0.3) is 5.91 Å². The molecule has 0 bridgehead atoms. The van der Waals surface area contributed by atoms with Gasteiger partial charge in [-0.1, -0.05) is 24.3 Å². The lowest BCUT2D eigenvalue weighted by Crippen LogP contribution is -2.38. The van der Waals surface area contributed by atoms with Crippen molar-refractivity contribution in [1.82, 2.24) is 9.88 Å². The van der Waals surface area contributed by atoms with Crippen LogP contribution >= 0.6 is 0 Å². The van der Waals surface area contributed by atoms with Gasteiger partial charge in [-0.25, -0.2) is 0 Å². The second kappa shape index (κ2) is 7.43. The fourth-order valence-corrected chi connectivity index (χ4v) is 3.35. The number of pyridine rings is 1. The van der Waals surface area contributed by atoms with Crippen molar-refractivity contribution in [3.63, 3.8) is 0 Å². The van der Waals surface area contributed by atoms with Crippen molar-refractivity contribution in [3.8, 4) is 0 Å². The highest BCUT2D eigenvalue weighted by atomic mass is 16.2. The first-order valence-electron chi connectivity index (χ1n) is 8.56. The number of primary amides is 1. The van der Waals surface area contributed by atoms with Gasteiger partial charge in [-0.05, 0) is 43.1 Å². The second-order valence-electron chi connectivity index (χ2n) is 6.51. The van der Waals surface area contributed by atoms with Gasteiger partial charge in [0.05, 0.1) is 0 Å². The number of hydrogen-bond acceptors (Lipinski definition) is 3. The molecular weight excluding hydrogens is 302 g/mol. The average Bonchev–Trinajstić information content (AvgIpc) is 2.61. The Bertz CT molecular complexity index is 736. The number of rotatable bonds is 5. The molecule has 0 saturated carbocycles.